The van der Waals surface area contributed by atoms with Crippen molar-refractivity contribution in [1.29, 1.82) is 0 Å². The van der Waals surface area contributed by atoms with Crippen LogP contribution in [0.4, 0.5) is 0 Å². The number of carbonyl (C=O) groups is 2. The monoisotopic (exact) mass is 357 g/mol. The lowest BCUT2D eigenvalue weighted by molar-refractivity contribution is -0.140. The van der Waals surface area contributed by atoms with Gasteiger partial charge in [-0.15, -0.1) is 0 Å². The van der Waals surface area contributed by atoms with E-state index in [0.29, 0.717) is 32.1 Å². The minimum atomic E-state index is -0.133. The van der Waals surface area contributed by atoms with E-state index in [4.69, 9.17) is 4.52 Å². The molecule has 4 atom stereocenters. The maximum atomic E-state index is 12.6. The van der Waals surface area contributed by atoms with E-state index in [-0.39, 0.29) is 35.5 Å². The topological polar surface area (TPSA) is 99.8 Å². The van der Waals surface area contributed by atoms with Crippen LogP contribution in [0.15, 0.2) is 34.0 Å². The van der Waals surface area contributed by atoms with E-state index in [9.17, 15) is 9.59 Å². The number of hydrogen-bond acceptors (Lipinski definition) is 5. The number of fused-ring (bicyclic) bond motifs is 5. The lowest BCUT2D eigenvalue weighted by atomic mass is 9.85. The predicted molar refractivity (Wildman–Crippen MR) is 93.8 cm³/mol. The highest BCUT2D eigenvalue weighted by molar-refractivity contribution is 6.06. The van der Waals surface area contributed by atoms with Crippen LogP contribution < -0.4 is 10.6 Å². The smallest absolute Gasteiger partial charge is 0.233 e. The highest BCUT2D eigenvalue weighted by Gasteiger charge is 2.58. The molecule has 3 aliphatic rings. The normalized spacial score (nSPS) is 29.6. The fourth-order valence-corrected chi connectivity index (χ4v) is 4.29. The Bertz CT molecular complexity index is 712. The van der Waals surface area contributed by atoms with Gasteiger partial charge in [0.05, 0.1) is 18.4 Å². The minimum absolute atomic E-state index is 0.0109. The first-order valence-electron chi connectivity index (χ1n) is 9.14. The zero-order chi connectivity index (χ0) is 18.1. The molecule has 2 bridgehead atoms. The summed E-state index contributed by atoms with van der Waals surface area (Å²) in [6.07, 6.45) is 6.68. The first-order valence-corrected chi connectivity index (χ1v) is 9.14. The van der Waals surface area contributed by atoms with Gasteiger partial charge in [-0.05, 0) is 25.2 Å². The summed E-state index contributed by atoms with van der Waals surface area (Å²) in [6, 6.07) is 1.76. The second kappa shape index (κ2) is 6.93. The van der Waals surface area contributed by atoms with Gasteiger partial charge in [0, 0.05) is 25.7 Å². The van der Waals surface area contributed by atoms with Crippen LogP contribution >= 0.6 is 0 Å². The SMILES string of the molecule is CCNC(=NCc1ccon1)NCCN1C(=O)C2C3C=CC(C3)C2C1=O. The summed E-state index contributed by atoms with van der Waals surface area (Å²) in [5.74, 6) is 0.836. The Morgan fingerprint density at radius 3 is 2.62 bits per heavy atom. The molecule has 1 aromatic rings. The molecule has 2 fully saturated rings. The van der Waals surface area contributed by atoms with Crippen LogP contribution in [0.25, 0.3) is 0 Å². The third-order valence-electron chi connectivity index (χ3n) is 5.42. The molecular weight excluding hydrogens is 334 g/mol. The Balaban J connectivity index is 1.33. The van der Waals surface area contributed by atoms with Gasteiger partial charge in [-0.3, -0.25) is 14.5 Å². The Hall–Kier alpha value is -2.64. The number of rotatable bonds is 6. The van der Waals surface area contributed by atoms with Crippen molar-refractivity contribution < 1.29 is 14.1 Å². The molecular formula is C18H23N5O3. The van der Waals surface area contributed by atoms with Gasteiger partial charge in [-0.2, -0.15) is 0 Å². The maximum absolute atomic E-state index is 12.6. The zero-order valence-corrected chi connectivity index (χ0v) is 14.7. The number of guanidine groups is 1. The summed E-state index contributed by atoms with van der Waals surface area (Å²) >= 11 is 0. The summed E-state index contributed by atoms with van der Waals surface area (Å²) in [5, 5.41) is 10.1. The average Bonchev–Trinajstić information content (AvgIpc) is 3.40. The molecule has 4 rings (SSSR count). The molecule has 2 aliphatic carbocycles. The van der Waals surface area contributed by atoms with Gasteiger partial charge in [-0.1, -0.05) is 17.3 Å². The predicted octanol–water partition coefficient (Wildman–Crippen LogP) is 0.537. The van der Waals surface area contributed by atoms with Crippen LogP contribution in [0.2, 0.25) is 0 Å². The van der Waals surface area contributed by atoms with Gasteiger partial charge in [0.15, 0.2) is 5.96 Å². The summed E-state index contributed by atoms with van der Waals surface area (Å²) in [5.41, 5.74) is 0.739. The lowest BCUT2D eigenvalue weighted by Gasteiger charge is -2.18. The molecule has 138 valence electrons. The molecule has 0 aromatic carbocycles. The second-order valence-corrected chi connectivity index (χ2v) is 6.94. The van der Waals surface area contributed by atoms with Crippen molar-refractivity contribution in [2.24, 2.45) is 28.7 Å². The molecule has 1 aliphatic heterocycles. The number of nitrogens with zero attached hydrogens (tertiary/aromatic N) is 3. The van der Waals surface area contributed by atoms with Gasteiger partial charge in [0.25, 0.3) is 0 Å². The summed E-state index contributed by atoms with van der Waals surface area (Å²) in [4.78, 5) is 31.1. The molecule has 8 heteroatoms. The fourth-order valence-electron chi connectivity index (χ4n) is 4.29. The fraction of sp³-hybridized carbons (Fsp3) is 0.556. The molecule has 4 unspecified atom stereocenters. The third-order valence-corrected chi connectivity index (χ3v) is 5.42. The van der Waals surface area contributed by atoms with E-state index in [2.05, 4.69) is 32.9 Å². The number of imide groups is 1. The van der Waals surface area contributed by atoms with Gasteiger partial charge < -0.3 is 15.2 Å². The Labute approximate surface area is 151 Å². The molecule has 2 heterocycles. The molecule has 8 nitrogen and oxygen atoms in total. The number of allylic oxidation sites excluding steroid dienone is 2. The second-order valence-electron chi connectivity index (χ2n) is 6.94. The summed E-state index contributed by atoms with van der Waals surface area (Å²) in [6.45, 7) is 3.91. The van der Waals surface area contributed by atoms with E-state index in [1.54, 1.807) is 6.07 Å². The number of aliphatic imine (C=N–C) groups is 1. The van der Waals surface area contributed by atoms with Gasteiger partial charge in [-0.25, -0.2) is 4.99 Å². The first kappa shape index (κ1) is 16.8. The zero-order valence-electron chi connectivity index (χ0n) is 14.7. The van der Waals surface area contributed by atoms with Gasteiger partial charge in [0.2, 0.25) is 11.8 Å². The largest absolute Gasteiger partial charge is 0.364 e. The molecule has 1 saturated carbocycles. The van der Waals surface area contributed by atoms with Crippen molar-refractivity contribution in [2.75, 3.05) is 19.6 Å². The first-order chi connectivity index (χ1) is 12.7. The lowest BCUT2D eigenvalue weighted by Crippen LogP contribution is -2.43. The number of carbonyl (C=O) groups excluding carboxylic acids is 2. The molecule has 2 amide bonds. The number of aromatic nitrogens is 1. The van der Waals surface area contributed by atoms with E-state index in [1.165, 1.54) is 11.2 Å². The van der Waals surface area contributed by atoms with Crippen molar-refractivity contribution in [3.8, 4) is 0 Å². The molecule has 0 radical (unpaired) electrons. The van der Waals surface area contributed by atoms with E-state index < -0.39 is 0 Å². The van der Waals surface area contributed by atoms with Crippen LogP contribution in [0.3, 0.4) is 0 Å². The molecule has 26 heavy (non-hydrogen) atoms. The number of hydrogen-bond donors (Lipinski definition) is 2. The van der Waals surface area contributed by atoms with Crippen molar-refractivity contribution >= 4 is 17.8 Å². The van der Waals surface area contributed by atoms with Crippen LogP contribution in [-0.2, 0) is 16.1 Å². The van der Waals surface area contributed by atoms with Crippen molar-refractivity contribution in [2.45, 2.75) is 19.9 Å². The highest BCUT2D eigenvalue weighted by Crippen LogP contribution is 2.52. The summed E-state index contributed by atoms with van der Waals surface area (Å²) < 4.78 is 4.79. The average molecular weight is 357 g/mol. The molecule has 0 spiro atoms. The highest BCUT2D eigenvalue weighted by atomic mass is 16.5. The molecule has 1 aromatic heterocycles. The van der Waals surface area contributed by atoms with E-state index >= 15 is 0 Å². The quantitative estimate of drug-likeness (QED) is 0.334. The van der Waals surface area contributed by atoms with Crippen LogP contribution in [-0.4, -0.2) is 47.5 Å². The maximum Gasteiger partial charge on any atom is 0.233 e. The van der Waals surface area contributed by atoms with Gasteiger partial charge >= 0.3 is 0 Å². The van der Waals surface area contributed by atoms with E-state index in [0.717, 1.165) is 12.1 Å². The Kier molecular flexibility index (Phi) is 4.48. The van der Waals surface area contributed by atoms with E-state index in [1.807, 2.05) is 6.92 Å². The third kappa shape index (κ3) is 2.89. The van der Waals surface area contributed by atoms with Crippen molar-refractivity contribution in [3.63, 3.8) is 0 Å². The minimum Gasteiger partial charge on any atom is -0.364 e. The van der Waals surface area contributed by atoms with Crippen LogP contribution in [0, 0.1) is 23.7 Å². The number of nitrogens with one attached hydrogen (secondary N) is 2. The van der Waals surface area contributed by atoms with Gasteiger partial charge in [0.1, 0.15) is 12.0 Å². The Morgan fingerprint density at radius 2 is 2.00 bits per heavy atom. The summed E-state index contributed by atoms with van der Waals surface area (Å²) in [7, 11) is 0. The van der Waals surface area contributed by atoms with Crippen molar-refractivity contribution in [3.05, 3.63) is 30.2 Å². The van der Waals surface area contributed by atoms with Crippen LogP contribution in [0.5, 0.6) is 0 Å². The number of amides is 2. The standard InChI is InChI=1S/C18H23N5O3/c1-2-19-18(21-10-13-5-8-26-22-13)20-6-7-23-16(24)14-11-3-4-12(9-11)15(14)17(23)25/h3-5,8,11-12,14-15H,2,6-7,9-10H2,1H3,(H2,19,20,21). The Morgan fingerprint density at radius 1 is 1.27 bits per heavy atom. The number of likely N-dealkylation sites (tertiary alicyclic amines) is 1. The van der Waals surface area contributed by atoms with Crippen molar-refractivity contribution in [1.82, 2.24) is 20.7 Å². The molecule has 1 saturated heterocycles. The van der Waals surface area contributed by atoms with Crippen LogP contribution in [0.1, 0.15) is 19.0 Å². The molecule has 2 N–H and O–H groups in total.